The molecule has 0 aromatic heterocycles. The van der Waals surface area contributed by atoms with Crippen molar-refractivity contribution in [3.8, 4) is 0 Å². The van der Waals surface area contributed by atoms with Crippen LogP contribution in [-0.4, -0.2) is 20.2 Å². The second-order valence-corrected chi connectivity index (χ2v) is 6.91. The Morgan fingerprint density at radius 2 is 2.00 bits per heavy atom. The fraction of sp³-hybridized carbons (Fsp3) is 0.538. The molecule has 1 aromatic carbocycles. The normalized spacial score (nSPS) is 25.1. The average molecular weight is 253 g/mol. The van der Waals surface area contributed by atoms with E-state index < -0.39 is 9.84 Å². The van der Waals surface area contributed by atoms with E-state index in [9.17, 15) is 8.42 Å². The fourth-order valence-electron chi connectivity index (χ4n) is 2.72. The molecule has 0 saturated heterocycles. The van der Waals surface area contributed by atoms with E-state index in [2.05, 4.69) is 0 Å². The number of hydrogen-bond donors (Lipinski definition) is 1. The summed E-state index contributed by atoms with van der Waals surface area (Å²) in [6.07, 6.45) is 2.66. The molecule has 3 nitrogen and oxygen atoms in total. The van der Waals surface area contributed by atoms with E-state index in [0.717, 1.165) is 24.8 Å². The maximum atomic E-state index is 12.6. The molecule has 1 fully saturated rings. The summed E-state index contributed by atoms with van der Waals surface area (Å²) in [7, 11) is -3.21. The van der Waals surface area contributed by atoms with Gasteiger partial charge in [-0.2, -0.15) is 0 Å². The van der Waals surface area contributed by atoms with Gasteiger partial charge >= 0.3 is 0 Å². The number of hydrogen-bond acceptors (Lipinski definition) is 3. The summed E-state index contributed by atoms with van der Waals surface area (Å²) in [5, 5.41) is -0.284. The molecular formula is C13H19NO2S. The molecule has 0 radical (unpaired) electrons. The molecule has 2 N–H and O–H groups in total. The molecule has 1 aromatic rings. The number of sulfone groups is 1. The predicted octanol–water partition coefficient (Wildman–Crippen LogP) is 1.90. The van der Waals surface area contributed by atoms with Gasteiger partial charge in [0.25, 0.3) is 0 Å². The molecule has 0 heterocycles. The van der Waals surface area contributed by atoms with Crippen LogP contribution in [0.4, 0.5) is 0 Å². The monoisotopic (exact) mass is 253 g/mol. The highest BCUT2D eigenvalue weighted by molar-refractivity contribution is 7.92. The summed E-state index contributed by atoms with van der Waals surface area (Å²) in [4.78, 5) is 0.477. The SMILES string of the molecule is Cc1ccccc1S(=O)(=O)C1CCCC1CN. The van der Waals surface area contributed by atoms with E-state index in [1.165, 1.54) is 0 Å². The Bertz CT molecular complexity index is 496. The van der Waals surface area contributed by atoms with Gasteiger partial charge in [-0.05, 0) is 43.9 Å². The Labute approximate surface area is 103 Å². The smallest absolute Gasteiger partial charge is 0.181 e. The molecule has 0 aliphatic heterocycles. The van der Waals surface area contributed by atoms with Gasteiger partial charge in [-0.3, -0.25) is 0 Å². The number of nitrogens with two attached hydrogens (primary N) is 1. The quantitative estimate of drug-likeness (QED) is 0.895. The first kappa shape index (κ1) is 12.6. The van der Waals surface area contributed by atoms with Gasteiger partial charge in [0.2, 0.25) is 0 Å². The maximum Gasteiger partial charge on any atom is 0.181 e. The van der Waals surface area contributed by atoms with Crippen LogP contribution in [0.5, 0.6) is 0 Å². The van der Waals surface area contributed by atoms with Gasteiger partial charge in [-0.15, -0.1) is 0 Å². The summed E-state index contributed by atoms with van der Waals surface area (Å²) in [5.41, 5.74) is 6.50. The molecule has 17 heavy (non-hydrogen) atoms. The molecule has 2 rings (SSSR count). The molecule has 0 spiro atoms. The van der Waals surface area contributed by atoms with Gasteiger partial charge in [0, 0.05) is 0 Å². The second-order valence-electron chi connectivity index (χ2n) is 4.78. The van der Waals surface area contributed by atoms with Crippen LogP contribution < -0.4 is 5.73 Å². The Morgan fingerprint density at radius 1 is 1.29 bits per heavy atom. The molecule has 94 valence electrons. The number of rotatable bonds is 3. The van der Waals surface area contributed by atoms with Crippen molar-refractivity contribution < 1.29 is 8.42 Å². The van der Waals surface area contributed by atoms with E-state index >= 15 is 0 Å². The van der Waals surface area contributed by atoms with Gasteiger partial charge in [0.15, 0.2) is 9.84 Å². The maximum absolute atomic E-state index is 12.6. The van der Waals surface area contributed by atoms with Crippen LogP contribution in [0, 0.1) is 12.8 Å². The molecule has 2 atom stereocenters. The molecular weight excluding hydrogens is 234 g/mol. The van der Waals surface area contributed by atoms with Crippen LogP contribution in [0.15, 0.2) is 29.2 Å². The van der Waals surface area contributed by atoms with Crippen molar-refractivity contribution in [3.63, 3.8) is 0 Å². The molecule has 1 saturated carbocycles. The van der Waals surface area contributed by atoms with E-state index in [0.29, 0.717) is 11.4 Å². The van der Waals surface area contributed by atoms with Gasteiger partial charge in [-0.1, -0.05) is 24.6 Å². The molecule has 4 heteroatoms. The lowest BCUT2D eigenvalue weighted by atomic mass is 10.1. The summed E-state index contributed by atoms with van der Waals surface area (Å²) < 4.78 is 25.1. The lowest BCUT2D eigenvalue weighted by Gasteiger charge is -2.19. The van der Waals surface area contributed by atoms with Crippen LogP contribution in [0.2, 0.25) is 0 Å². The van der Waals surface area contributed by atoms with Crippen molar-refractivity contribution in [2.75, 3.05) is 6.54 Å². The zero-order valence-corrected chi connectivity index (χ0v) is 10.9. The van der Waals surface area contributed by atoms with Crippen LogP contribution in [0.1, 0.15) is 24.8 Å². The van der Waals surface area contributed by atoms with Crippen molar-refractivity contribution in [1.29, 1.82) is 0 Å². The van der Waals surface area contributed by atoms with Gasteiger partial charge < -0.3 is 5.73 Å². The molecule has 0 bridgehead atoms. The standard InChI is InChI=1S/C13H19NO2S/c1-10-5-2-3-7-12(10)17(15,16)13-8-4-6-11(13)9-14/h2-3,5,7,11,13H,4,6,8-9,14H2,1H3. The van der Waals surface area contributed by atoms with Crippen LogP contribution >= 0.6 is 0 Å². The van der Waals surface area contributed by atoms with E-state index in [1.54, 1.807) is 12.1 Å². The van der Waals surface area contributed by atoms with Crippen LogP contribution in [0.25, 0.3) is 0 Å². The summed E-state index contributed by atoms with van der Waals surface area (Å²) >= 11 is 0. The largest absolute Gasteiger partial charge is 0.330 e. The van der Waals surface area contributed by atoms with Gasteiger partial charge in [0.1, 0.15) is 0 Å². The molecule has 2 unspecified atom stereocenters. The summed E-state index contributed by atoms with van der Waals surface area (Å²) in [6, 6.07) is 7.20. The van der Waals surface area contributed by atoms with Gasteiger partial charge in [-0.25, -0.2) is 8.42 Å². The summed E-state index contributed by atoms with van der Waals surface area (Å²) in [5.74, 6) is 0.125. The third-order valence-electron chi connectivity index (χ3n) is 3.69. The number of aryl methyl sites for hydroxylation is 1. The zero-order valence-electron chi connectivity index (χ0n) is 10.1. The first-order valence-electron chi connectivity index (χ1n) is 6.07. The third kappa shape index (κ3) is 2.24. The van der Waals surface area contributed by atoms with E-state index in [1.807, 2.05) is 19.1 Å². The Balaban J connectivity index is 2.40. The highest BCUT2D eigenvalue weighted by Crippen LogP contribution is 2.34. The molecule has 0 amide bonds. The topological polar surface area (TPSA) is 60.2 Å². The van der Waals surface area contributed by atoms with E-state index in [-0.39, 0.29) is 11.2 Å². The Morgan fingerprint density at radius 3 is 2.65 bits per heavy atom. The first-order valence-corrected chi connectivity index (χ1v) is 7.61. The van der Waals surface area contributed by atoms with Crippen molar-refractivity contribution in [2.45, 2.75) is 36.3 Å². The lowest BCUT2D eigenvalue weighted by Crippen LogP contribution is -2.30. The average Bonchev–Trinajstić information content (AvgIpc) is 2.78. The van der Waals surface area contributed by atoms with Crippen LogP contribution in [0.3, 0.4) is 0 Å². The number of benzene rings is 1. The third-order valence-corrected chi connectivity index (χ3v) is 6.18. The Hall–Kier alpha value is -0.870. The first-order chi connectivity index (χ1) is 8.07. The predicted molar refractivity (Wildman–Crippen MR) is 68.5 cm³/mol. The van der Waals surface area contributed by atoms with Gasteiger partial charge in [0.05, 0.1) is 10.1 Å². The van der Waals surface area contributed by atoms with E-state index in [4.69, 9.17) is 5.73 Å². The van der Waals surface area contributed by atoms with Crippen molar-refractivity contribution in [3.05, 3.63) is 29.8 Å². The zero-order chi connectivity index (χ0) is 12.5. The van der Waals surface area contributed by atoms with Crippen LogP contribution in [-0.2, 0) is 9.84 Å². The van der Waals surface area contributed by atoms with Crippen molar-refractivity contribution in [1.82, 2.24) is 0 Å². The minimum atomic E-state index is -3.21. The van der Waals surface area contributed by atoms with Crippen molar-refractivity contribution in [2.24, 2.45) is 11.7 Å². The highest BCUT2D eigenvalue weighted by Gasteiger charge is 2.37. The minimum Gasteiger partial charge on any atom is -0.330 e. The van der Waals surface area contributed by atoms with Crippen molar-refractivity contribution >= 4 is 9.84 Å². The highest BCUT2D eigenvalue weighted by atomic mass is 32.2. The molecule has 1 aliphatic rings. The molecule has 1 aliphatic carbocycles. The summed E-state index contributed by atoms with van der Waals surface area (Å²) in [6.45, 7) is 2.31. The Kier molecular flexibility index (Phi) is 3.54. The lowest BCUT2D eigenvalue weighted by molar-refractivity contribution is 0.523. The minimum absolute atomic E-state index is 0.125. The fourth-order valence-corrected chi connectivity index (χ4v) is 5.06. The second kappa shape index (κ2) is 4.78.